The minimum absolute atomic E-state index is 0.215. The Bertz CT molecular complexity index is 581. The number of amides is 1. The highest BCUT2D eigenvalue weighted by Gasteiger charge is 2.32. The second kappa shape index (κ2) is 8.50. The molecule has 2 saturated heterocycles. The van der Waals surface area contributed by atoms with Gasteiger partial charge in [-0.3, -0.25) is 9.69 Å². The molecule has 2 heterocycles. The molecule has 0 saturated carbocycles. The first-order chi connectivity index (χ1) is 12.1. The van der Waals surface area contributed by atoms with Gasteiger partial charge in [0.05, 0.1) is 0 Å². The van der Waals surface area contributed by atoms with Gasteiger partial charge in [0.1, 0.15) is 5.82 Å². The second-order valence-electron chi connectivity index (χ2n) is 7.44. The van der Waals surface area contributed by atoms with Crippen LogP contribution in [0, 0.1) is 11.7 Å². The highest BCUT2D eigenvalue weighted by atomic mass is 35.5. The van der Waals surface area contributed by atoms with Gasteiger partial charge in [-0.25, -0.2) is 4.39 Å². The molecule has 0 bridgehead atoms. The highest BCUT2D eigenvalue weighted by molar-refractivity contribution is 6.31. The maximum Gasteiger partial charge on any atom is 0.219 e. The lowest BCUT2D eigenvalue weighted by molar-refractivity contribution is -0.132. The summed E-state index contributed by atoms with van der Waals surface area (Å²) in [6.45, 7) is 5.06. The number of likely N-dealkylation sites (tertiary alicyclic amines) is 2. The largest absolute Gasteiger partial charge is 0.340 e. The van der Waals surface area contributed by atoms with Crippen molar-refractivity contribution >= 4 is 17.5 Å². The summed E-state index contributed by atoms with van der Waals surface area (Å²) < 4.78 is 14.0. The Labute approximate surface area is 155 Å². The van der Waals surface area contributed by atoms with Gasteiger partial charge in [-0.05, 0) is 56.8 Å². The van der Waals surface area contributed by atoms with Crippen LogP contribution >= 0.6 is 11.6 Å². The molecule has 2 aliphatic heterocycles. The molecule has 3 rings (SSSR count). The van der Waals surface area contributed by atoms with Crippen LogP contribution < -0.4 is 0 Å². The molecule has 5 heteroatoms. The third-order valence-electron chi connectivity index (χ3n) is 5.82. The predicted octanol–water partition coefficient (Wildman–Crippen LogP) is 4.48. The third kappa shape index (κ3) is 4.53. The van der Waals surface area contributed by atoms with Crippen molar-refractivity contribution < 1.29 is 9.18 Å². The molecule has 0 unspecified atom stereocenters. The molecule has 138 valence electrons. The number of benzene rings is 1. The van der Waals surface area contributed by atoms with Crippen LogP contribution in [0.2, 0.25) is 5.02 Å². The summed E-state index contributed by atoms with van der Waals surface area (Å²) >= 11 is 6.16. The molecule has 3 nitrogen and oxygen atoms in total. The van der Waals surface area contributed by atoms with Gasteiger partial charge < -0.3 is 4.90 Å². The first kappa shape index (κ1) is 18.7. The van der Waals surface area contributed by atoms with E-state index in [4.69, 9.17) is 11.6 Å². The Morgan fingerprint density at radius 1 is 1.16 bits per heavy atom. The maximum atomic E-state index is 14.0. The van der Waals surface area contributed by atoms with Crippen LogP contribution in [0.3, 0.4) is 0 Å². The first-order valence-electron chi connectivity index (χ1n) is 9.48. The normalized spacial score (nSPS) is 23.5. The molecule has 1 aromatic carbocycles. The minimum Gasteiger partial charge on any atom is -0.340 e. The summed E-state index contributed by atoms with van der Waals surface area (Å²) in [6, 6.07) is 5.27. The van der Waals surface area contributed by atoms with E-state index in [0.29, 0.717) is 29.1 Å². The number of nitrogens with zero attached hydrogens (tertiary/aromatic N) is 2. The van der Waals surface area contributed by atoms with Crippen LogP contribution in [0.1, 0.15) is 51.0 Å². The zero-order valence-corrected chi connectivity index (χ0v) is 15.8. The topological polar surface area (TPSA) is 23.6 Å². The van der Waals surface area contributed by atoms with Crippen LogP contribution in [0.25, 0.3) is 0 Å². The number of piperidine rings is 1. The SMILES string of the molecule is CC(=O)N1CCCCC[C@H]1C1CCN(Cc2c(F)cccc2Cl)CC1. The number of hydrogen-bond acceptors (Lipinski definition) is 2. The predicted molar refractivity (Wildman–Crippen MR) is 99.1 cm³/mol. The van der Waals surface area contributed by atoms with Crippen molar-refractivity contribution in [1.82, 2.24) is 9.80 Å². The van der Waals surface area contributed by atoms with Crippen molar-refractivity contribution in [2.75, 3.05) is 19.6 Å². The van der Waals surface area contributed by atoms with Crippen LogP contribution in [-0.2, 0) is 11.3 Å². The van der Waals surface area contributed by atoms with Crippen LogP contribution in [-0.4, -0.2) is 41.4 Å². The van der Waals surface area contributed by atoms with Gasteiger partial charge in [0.15, 0.2) is 0 Å². The summed E-state index contributed by atoms with van der Waals surface area (Å²) in [6.07, 6.45) is 6.84. The fourth-order valence-electron chi connectivity index (χ4n) is 4.42. The molecule has 0 N–H and O–H groups in total. The van der Waals surface area contributed by atoms with E-state index in [2.05, 4.69) is 9.80 Å². The second-order valence-corrected chi connectivity index (χ2v) is 7.85. The van der Waals surface area contributed by atoms with Crippen LogP contribution in [0.15, 0.2) is 18.2 Å². The highest BCUT2D eigenvalue weighted by Crippen LogP contribution is 2.31. The summed E-state index contributed by atoms with van der Waals surface area (Å²) in [4.78, 5) is 16.4. The van der Waals surface area contributed by atoms with Gasteiger partial charge in [-0.1, -0.05) is 30.5 Å². The molecule has 0 aromatic heterocycles. The van der Waals surface area contributed by atoms with Gasteiger partial charge in [-0.2, -0.15) is 0 Å². The molecular weight excluding hydrogens is 339 g/mol. The molecule has 2 fully saturated rings. The maximum absolute atomic E-state index is 14.0. The van der Waals surface area contributed by atoms with E-state index < -0.39 is 0 Å². The van der Waals surface area contributed by atoms with Crippen LogP contribution in [0.4, 0.5) is 4.39 Å². The molecule has 0 radical (unpaired) electrons. The van der Waals surface area contributed by atoms with E-state index >= 15 is 0 Å². The fraction of sp³-hybridized carbons (Fsp3) is 0.650. The van der Waals surface area contributed by atoms with E-state index in [9.17, 15) is 9.18 Å². The van der Waals surface area contributed by atoms with E-state index in [1.165, 1.54) is 18.9 Å². The molecule has 1 amide bonds. The molecule has 1 atom stereocenters. The first-order valence-corrected chi connectivity index (χ1v) is 9.86. The van der Waals surface area contributed by atoms with E-state index in [-0.39, 0.29) is 11.7 Å². The lowest BCUT2D eigenvalue weighted by atomic mass is 9.86. The summed E-state index contributed by atoms with van der Waals surface area (Å²) in [5, 5.41) is 0.508. The summed E-state index contributed by atoms with van der Waals surface area (Å²) in [5.74, 6) is 0.558. The number of rotatable bonds is 3. The van der Waals surface area contributed by atoms with Gasteiger partial charge in [0.2, 0.25) is 5.91 Å². The number of halogens is 2. The molecule has 1 aromatic rings. The molecule has 0 spiro atoms. The number of hydrogen-bond donors (Lipinski definition) is 0. The van der Waals surface area contributed by atoms with Crippen molar-refractivity contribution in [3.63, 3.8) is 0 Å². The quantitative estimate of drug-likeness (QED) is 0.787. The minimum atomic E-state index is -0.221. The fourth-order valence-corrected chi connectivity index (χ4v) is 4.64. The van der Waals surface area contributed by atoms with Crippen molar-refractivity contribution in [3.05, 3.63) is 34.6 Å². The zero-order valence-electron chi connectivity index (χ0n) is 15.0. The zero-order chi connectivity index (χ0) is 17.8. The Hall–Kier alpha value is -1.13. The van der Waals surface area contributed by atoms with Gasteiger partial charge in [0.25, 0.3) is 0 Å². The van der Waals surface area contributed by atoms with E-state index in [1.807, 2.05) is 0 Å². The Kier molecular flexibility index (Phi) is 6.34. The van der Waals surface area contributed by atoms with Crippen molar-refractivity contribution in [3.8, 4) is 0 Å². The monoisotopic (exact) mass is 366 g/mol. The lowest BCUT2D eigenvalue weighted by Crippen LogP contribution is -2.47. The van der Waals surface area contributed by atoms with E-state index in [0.717, 1.165) is 45.3 Å². The van der Waals surface area contributed by atoms with Crippen molar-refractivity contribution in [2.24, 2.45) is 5.92 Å². The number of carbonyl (C=O) groups is 1. The third-order valence-corrected chi connectivity index (χ3v) is 6.18. The molecular formula is C20H28ClFN2O. The van der Waals surface area contributed by atoms with Crippen molar-refractivity contribution in [1.29, 1.82) is 0 Å². The number of carbonyl (C=O) groups excluding carboxylic acids is 1. The summed E-state index contributed by atoms with van der Waals surface area (Å²) in [7, 11) is 0. The molecule has 25 heavy (non-hydrogen) atoms. The van der Waals surface area contributed by atoms with E-state index in [1.54, 1.807) is 19.1 Å². The molecule has 2 aliphatic rings. The molecule has 0 aliphatic carbocycles. The van der Waals surface area contributed by atoms with Gasteiger partial charge >= 0.3 is 0 Å². The Balaban J connectivity index is 1.60. The standard InChI is InChI=1S/C20H28ClFN2O/c1-15(25)24-11-4-2-3-8-20(24)16-9-12-23(13-10-16)14-17-18(21)6-5-7-19(17)22/h5-7,16,20H,2-4,8-14H2,1H3/t20-/m0/s1. The average Bonchev–Trinajstić information content (AvgIpc) is 2.85. The Morgan fingerprint density at radius 3 is 2.60 bits per heavy atom. The van der Waals surface area contributed by atoms with Crippen molar-refractivity contribution in [2.45, 2.75) is 58.0 Å². The Morgan fingerprint density at radius 2 is 1.92 bits per heavy atom. The van der Waals surface area contributed by atoms with Crippen LogP contribution in [0.5, 0.6) is 0 Å². The lowest BCUT2D eigenvalue weighted by Gasteiger charge is -2.40. The smallest absolute Gasteiger partial charge is 0.219 e. The summed E-state index contributed by atoms with van der Waals surface area (Å²) in [5.41, 5.74) is 0.599. The van der Waals surface area contributed by atoms with Gasteiger partial charge in [0, 0.05) is 36.6 Å². The van der Waals surface area contributed by atoms with Gasteiger partial charge in [-0.15, -0.1) is 0 Å². The average molecular weight is 367 g/mol.